The molecule has 1 heterocycles. The van der Waals surface area contributed by atoms with Crippen molar-refractivity contribution in [3.63, 3.8) is 0 Å². The first-order chi connectivity index (χ1) is 9.08. The molecule has 1 atom stereocenters. The van der Waals surface area contributed by atoms with Gasteiger partial charge in [-0.25, -0.2) is 0 Å². The smallest absolute Gasteiger partial charge is 0.0547 e. The van der Waals surface area contributed by atoms with Crippen molar-refractivity contribution in [2.24, 2.45) is 5.41 Å². The quantitative estimate of drug-likeness (QED) is 0.606. The second-order valence-corrected chi connectivity index (χ2v) is 6.37. The molecule has 0 bridgehead atoms. The van der Waals surface area contributed by atoms with Crippen LogP contribution < -0.4 is 5.32 Å². The highest BCUT2D eigenvalue weighted by Gasteiger charge is 2.35. The summed E-state index contributed by atoms with van der Waals surface area (Å²) in [6.45, 7) is 9.77. The average molecular weight is 271 g/mol. The Kier molecular flexibility index (Phi) is 7.91. The number of ether oxygens (including phenoxy) is 1. The van der Waals surface area contributed by atoms with E-state index in [0.717, 1.165) is 32.8 Å². The number of rotatable bonds is 10. The maximum atomic E-state index is 5.66. The molecule has 0 aromatic rings. The van der Waals surface area contributed by atoms with Crippen LogP contribution in [0.1, 0.15) is 26.2 Å². The van der Waals surface area contributed by atoms with E-state index in [-0.39, 0.29) is 0 Å². The first-order valence-corrected chi connectivity index (χ1v) is 7.70. The van der Waals surface area contributed by atoms with Crippen molar-refractivity contribution in [1.82, 2.24) is 15.1 Å². The molecule has 19 heavy (non-hydrogen) atoms. The molecule has 1 aliphatic heterocycles. The second kappa shape index (κ2) is 8.90. The maximum absolute atomic E-state index is 5.66. The van der Waals surface area contributed by atoms with Gasteiger partial charge in [0.25, 0.3) is 0 Å². The molecule has 1 saturated heterocycles. The Balaban J connectivity index is 2.31. The van der Waals surface area contributed by atoms with Gasteiger partial charge < -0.3 is 19.9 Å². The average Bonchev–Trinajstić information content (AvgIpc) is 2.77. The van der Waals surface area contributed by atoms with Crippen molar-refractivity contribution in [2.75, 3.05) is 67.1 Å². The Morgan fingerprint density at radius 3 is 2.58 bits per heavy atom. The van der Waals surface area contributed by atoms with Crippen molar-refractivity contribution in [2.45, 2.75) is 26.2 Å². The Bertz CT molecular complexity index is 227. The van der Waals surface area contributed by atoms with Crippen LogP contribution in [-0.2, 0) is 4.74 Å². The topological polar surface area (TPSA) is 27.7 Å². The van der Waals surface area contributed by atoms with Gasteiger partial charge in [-0.3, -0.25) is 0 Å². The first-order valence-electron chi connectivity index (χ1n) is 7.70. The van der Waals surface area contributed by atoms with E-state index in [9.17, 15) is 0 Å². The zero-order chi connectivity index (χ0) is 14.1. The summed E-state index contributed by atoms with van der Waals surface area (Å²) in [7, 11) is 6.53. The fraction of sp³-hybridized carbons (Fsp3) is 1.00. The number of nitrogens with one attached hydrogen (secondary N) is 1. The molecule has 114 valence electrons. The van der Waals surface area contributed by atoms with Gasteiger partial charge in [-0.2, -0.15) is 0 Å². The summed E-state index contributed by atoms with van der Waals surface area (Å²) < 4.78 is 5.66. The second-order valence-electron chi connectivity index (χ2n) is 6.37. The number of hydrogen-bond acceptors (Lipinski definition) is 4. The van der Waals surface area contributed by atoms with Gasteiger partial charge in [0.15, 0.2) is 0 Å². The molecule has 1 aliphatic rings. The molecule has 1 N–H and O–H groups in total. The Hall–Kier alpha value is -0.160. The maximum Gasteiger partial charge on any atom is 0.0547 e. The highest BCUT2D eigenvalue weighted by molar-refractivity contribution is 4.88. The highest BCUT2D eigenvalue weighted by Crippen LogP contribution is 2.28. The molecule has 0 radical (unpaired) electrons. The van der Waals surface area contributed by atoms with E-state index in [1.54, 1.807) is 0 Å². The summed E-state index contributed by atoms with van der Waals surface area (Å²) in [5.41, 5.74) is 0.335. The molecule has 1 fully saturated rings. The summed E-state index contributed by atoms with van der Waals surface area (Å²) in [5.74, 6) is 0. The molecule has 0 aromatic heterocycles. The van der Waals surface area contributed by atoms with Gasteiger partial charge in [0.1, 0.15) is 0 Å². The minimum absolute atomic E-state index is 0.335. The van der Waals surface area contributed by atoms with E-state index in [4.69, 9.17) is 4.74 Å². The van der Waals surface area contributed by atoms with E-state index in [2.05, 4.69) is 43.2 Å². The van der Waals surface area contributed by atoms with Gasteiger partial charge in [-0.05, 0) is 60.0 Å². The summed E-state index contributed by atoms with van der Waals surface area (Å²) in [6.07, 6.45) is 3.64. The summed E-state index contributed by atoms with van der Waals surface area (Å²) in [5, 5.41) is 3.58. The van der Waals surface area contributed by atoms with Gasteiger partial charge in [0.05, 0.1) is 6.61 Å². The summed E-state index contributed by atoms with van der Waals surface area (Å²) in [6, 6.07) is 0. The fourth-order valence-electron chi connectivity index (χ4n) is 2.81. The monoisotopic (exact) mass is 271 g/mol. The van der Waals surface area contributed by atoms with Crippen LogP contribution in [0.4, 0.5) is 0 Å². The minimum Gasteiger partial charge on any atom is -0.381 e. The largest absolute Gasteiger partial charge is 0.381 e. The lowest BCUT2D eigenvalue weighted by molar-refractivity contribution is 0.117. The van der Waals surface area contributed by atoms with E-state index in [1.165, 1.54) is 32.4 Å². The molecular formula is C15H33N3O. The molecule has 1 unspecified atom stereocenters. The van der Waals surface area contributed by atoms with Crippen LogP contribution in [0.3, 0.4) is 0 Å². The van der Waals surface area contributed by atoms with Gasteiger partial charge in [0, 0.05) is 25.1 Å². The first kappa shape index (κ1) is 16.9. The van der Waals surface area contributed by atoms with Gasteiger partial charge in [0.2, 0.25) is 0 Å². The number of nitrogens with zero attached hydrogens (tertiary/aromatic N) is 2. The molecule has 4 heteroatoms. The SMILES string of the molecule is CCCNCC1(CN(C)CCCN(C)C)CCOC1. The van der Waals surface area contributed by atoms with Crippen LogP contribution in [0.15, 0.2) is 0 Å². The molecule has 0 aromatic carbocycles. The van der Waals surface area contributed by atoms with E-state index in [1.807, 2.05) is 0 Å². The van der Waals surface area contributed by atoms with Crippen LogP contribution >= 0.6 is 0 Å². The van der Waals surface area contributed by atoms with Crippen molar-refractivity contribution in [1.29, 1.82) is 0 Å². The van der Waals surface area contributed by atoms with E-state index >= 15 is 0 Å². The molecular weight excluding hydrogens is 238 g/mol. The van der Waals surface area contributed by atoms with Crippen LogP contribution in [-0.4, -0.2) is 76.9 Å². The predicted molar refractivity (Wildman–Crippen MR) is 81.7 cm³/mol. The lowest BCUT2D eigenvalue weighted by Gasteiger charge is -2.32. The van der Waals surface area contributed by atoms with Gasteiger partial charge in [-0.15, -0.1) is 0 Å². The summed E-state index contributed by atoms with van der Waals surface area (Å²) >= 11 is 0. The van der Waals surface area contributed by atoms with Crippen LogP contribution in [0.25, 0.3) is 0 Å². The van der Waals surface area contributed by atoms with Crippen LogP contribution in [0.5, 0.6) is 0 Å². The zero-order valence-electron chi connectivity index (χ0n) is 13.4. The van der Waals surface area contributed by atoms with E-state index in [0.29, 0.717) is 5.41 Å². The predicted octanol–water partition coefficient (Wildman–Crippen LogP) is 1.28. The lowest BCUT2D eigenvalue weighted by atomic mass is 9.86. The van der Waals surface area contributed by atoms with Gasteiger partial charge in [-0.1, -0.05) is 6.92 Å². The van der Waals surface area contributed by atoms with Crippen molar-refractivity contribution in [3.8, 4) is 0 Å². The molecule has 0 saturated carbocycles. The Morgan fingerprint density at radius 2 is 2.00 bits per heavy atom. The van der Waals surface area contributed by atoms with E-state index < -0.39 is 0 Å². The zero-order valence-corrected chi connectivity index (χ0v) is 13.4. The third-order valence-corrected chi connectivity index (χ3v) is 3.86. The highest BCUT2D eigenvalue weighted by atomic mass is 16.5. The van der Waals surface area contributed by atoms with Crippen molar-refractivity contribution >= 4 is 0 Å². The lowest BCUT2D eigenvalue weighted by Crippen LogP contribution is -2.44. The standard InChI is InChI=1S/C15H33N3O/c1-5-8-16-12-15(7-11-19-14-15)13-18(4)10-6-9-17(2)3/h16H,5-14H2,1-4H3. The third kappa shape index (κ3) is 6.70. The molecule has 0 spiro atoms. The molecule has 1 rings (SSSR count). The number of hydrogen-bond donors (Lipinski definition) is 1. The van der Waals surface area contributed by atoms with Crippen LogP contribution in [0, 0.1) is 5.41 Å². The molecule has 4 nitrogen and oxygen atoms in total. The third-order valence-electron chi connectivity index (χ3n) is 3.86. The minimum atomic E-state index is 0.335. The van der Waals surface area contributed by atoms with Gasteiger partial charge >= 0.3 is 0 Å². The van der Waals surface area contributed by atoms with Crippen molar-refractivity contribution < 1.29 is 4.74 Å². The van der Waals surface area contributed by atoms with Crippen LogP contribution in [0.2, 0.25) is 0 Å². The Labute approximate surface area is 119 Å². The normalized spacial score (nSPS) is 23.7. The molecule has 0 amide bonds. The van der Waals surface area contributed by atoms with Crippen molar-refractivity contribution in [3.05, 3.63) is 0 Å². The Morgan fingerprint density at radius 1 is 1.21 bits per heavy atom. The summed E-state index contributed by atoms with van der Waals surface area (Å²) in [4.78, 5) is 4.73. The molecule has 0 aliphatic carbocycles. The fourth-order valence-corrected chi connectivity index (χ4v) is 2.81.